The molecule has 7 nitrogen and oxygen atoms in total. The van der Waals surface area contributed by atoms with Crippen LogP contribution in [0, 0.1) is 5.82 Å². The Hall–Kier alpha value is -3.43. The molecule has 0 saturated heterocycles. The van der Waals surface area contributed by atoms with Crippen molar-refractivity contribution in [1.29, 1.82) is 0 Å². The van der Waals surface area contributed by atoms with Crippen LogP contribution in [0.5, 0.6) is 0 Å². The predicted octanol–water partition coefficient (Wildman–Crippen LogP) is 4.64. The van der Waals surface area contributed by atoms with Crippen molar-refractivity contribution in [3.63, 3.8) is 0 Å². The number of thioether (sulfide) groups is 1. The number of hydrogen-bond acceptors (Lipinski definition) is 7. The standard InChI is InChI=1S/C27H28FN3O4S/c1-18-24(26(33)35-13-12-34-3)25(20-10-7-11-21(28)14-20)31-22(17-36-27(31)29-18)15-23(32)30(2)16-19-8-5-4-6-9-19/h4-11,14,17,25H,12-13,15-16H2,1-3H3/t25-/m0/s1. The smallest absolute Gasteiger partial charge is 0.338 e. The Bertz CT molecular complexity index is 1230. The molecule has 0 unspecified atom stereocenters. The van der Waals surface area contributed by atoms with E-state index in [9.17, 15) is 14.0 Å². The average Bonchev–Trinajstić information content (AvgIpc) is 3.25. The largest absolute Gasteiger partial charge is 0.460 e. The van der Waals surface area contributed by atoms with Crippen molar-refractivity contribution in [2.75, 3.05) is 27.4 Å². The molecule has 2 heterocycles. The van der Waals surface area contributed by atoms with Crippen LogP contribution in [0.25, 0.3) is 0 Å². The van der Waals surface area contributed by atoms with E-state index in [4.69, 9.17) is 9.47 Å². The predicted molar refractivity (Wildman–Crippen MR) is 137 cm³/mol. The minimum Gasteiger partial charge on any atom is -0.460 e. The molecule has 188 valence electrons. The number of rotatable bonds is 9. The van der Waals surface area contributed by atoms with Crippen LogP contribution in [0.2, 0.25) is 0 Å². The molecule has 0 aromatic heterocycles. The molecule has 2 aliphatic heterocycles. The van der Waals surface area contributed by atoms with Gasteiger partial charge in [-0.25, -0.2) is 14.2 Å². The first kappa shape index (κ1) is 25.7. The van der Waals surface area contributed by atoms with Gasteiger partial charge >= 0.3 is 5.97 Å². The maximum atomic E-state index is 14.3. The molecule has 1 atom stereocenters. The molecule has 2 aromatic carbocycles. The normalized spacial score (nSPS) is 16.9. The van der Waals surface area contributed by atoms with E-state index in [0.29, 0.717) is 34.2 Å². The van der Waals surface area contributed by atoms with E-state index in [-0.39, 0.29) is 25.5 Å². The number of hydrogen-bond donors (Lipinski definition) is 0. The van der Waals surface area contributed by atoms with E-state index in [0.717, 1.165) is 5.56 Å². The summed E-state index contributed by atoms with van der Waals surface area (Å²) in [5, 5.41) is 2.50. The number of amidine groups is 1. The zero-order valence-electron chi connectivity index (χ0n) is 20.4. The third-order valence-electron chi connectivity index (χ3n) is 5.93. The number of fused-ring (bicyclic) bond motifs is 1. The molecule has 1 amide bonds. The summed E-state index contributed by atoms with van der Waals surface area (Å²) in [5.74, 6) is -1.05. The maximum Gasteiger partial charge on any atom is 0.338 e. The number of methoxy groups -OCH3 is 1. The maximum absolute atomic E-state index is 14.3. The highest BCUT2D eigenvalue weighted by Gasteiger charge is 2.41. The number of ether oxygens (including phenoxy) is 2. The Morgan fingerprint density at radius 3 is 2.64 bits per heavy atom. The van der Waals surface area contributed by atoms with Crippen LogP contribution in [0.15, 0.2) is 82.0 Å². The lowest BCUT2D eigenvalue weighted by molar-refractivity contribution is -0.141. The number of amides is 1. The molecule has 0 aliphatic carbocycles. The quantitative estimate of drug-likeness (QED) is 0.362. The van der Waals surface area contributed by atoms with Gasteiger partial charge in [0.25, 0.3) is 0 Å². The number of allylic oxidation sites excluding steroid dienone is 1. The second-order valence-corrected chi connectivity index (χ2v) is 9.33. The molecule has 2 aromatic rings. The Balaban J connectivity index is 1.62. The van der Waals surface area contributed by atoms with Crippen LogP contribution >= 0.6 is 11.8 Å². The molecule has 0 radical (unpaired) electrons. The highest BCUT2D eigenvalue weighted by Crippen LogP contribution is 2.45. The first-order valence-corrected chi connectivity index (χ1v) is 12.4. The van der Waals surface area contributed by atoms with Crippen molar-refractivity contribution in [2.24, 2.45) is 4.99 Å². The Morgan fingerprint density at radius 1 is 1.14 bits per heavy atom. The van der Waals surface area contributed by atoms with Crippen molar-refractivity contribution < 1.29 is 23.5 Å². The summed E-state index contributed by atoms with van der Waals surface area (Å²) in [6, 6.07) is 15.2. The number of benzene rings is 2. The Morgan fingerprint density at radius 2 is 1.92 bits per heavy atom. The SMILES string of the molecule is COCCOC(=O)C1=C(C)N=C2SC=C(CC(=O)N(C)Cc3ccccc3)N2[C@H]1c1cccc(F)c1. The molecule has 4 rings (SSSR count). The third-order valence-corrected chi connectivity index (χ3v) is 6.81. The topological polar surface area (TPSA) is 71.4 Å². The summed E-state index contributed by atoms with van der Waals surface area (Å²) >= 11 is 1.38. The van der Waals surface area contributed by atoms with Crippen molar-refractivity contribution in [3.8, 4) is 0 Å². The van der Waals surface area contributed by atoms with Gasteiger partial charge in [0.15, 0.2) is 5.17 Å². The fourth-order valence-electron chi connectivity index (χ4n) is 4.15. The molecule has 0 fully saturated rings. The van der Waals surface area contributed by atoms with Gasteiger partial charge in [-0.3, -0.25) is 4.79 Å². The third kappa shape index (κ3) is 5.68. The van der Waals surface area contributed by atoms with Gasteiger partial charge in [0.2, 0.25) is 5.91 Å². The zero-order chi connectivity index (χ0) is 25.7. The molecule has 2 aliphatic rings. The van der Waals surface area contributed by atoms with Gasteiger partial charge in [0.1, 0.15) is 12.4 Å². The number of halogens is 1. The van der Waals surface area contributed by atoms with Crippen LogP contribution in [0.4, 0.5) is 4.39 Å². The van der Waals surface area contributed by atoms with Gasteiger partial charge in [-0.1, -0.05) is 54.2 Å². The Labute approximate surface area is 214 Å². The highest BCUT2D eigenvalue weighted by atomic mass is 32.2. The molecule has 36 heavy (non-hydrogen) atoms. The first-order valence-electron chi connectivity index (χ1n) is 11.5. The summed E-state index contributed by atoms with van der Waals surface area (Å²) < 4.78 is 24.7. The van der Waals surface area contributed by atoms with Gasteiger partial charge in [0.05, 0.1) is 30.3 Å². The van der Waals surface area contributed by atoms with Gasteiger partial charge in [0, 0.05) is 26.4 Å². The van der Waals surface area contributed by atoms with Crippen LogP contribution < -0.4 is 0 Å². The zero-order valence-corrected chi connectivity index (χ0v) is 21.3. The van der Waals surface area contributed by atoms with Gasteiger partial charge < -0.3 is 19.3 Å². The lowest BCUT2D eigenvalue weighted by Gasteiger charge is -2.36. The van der Waals surface area contributed by atoms with E-state index < -0.39 is 17.8 Å². The monoisotopic (exact) mass is 509 g/mol. The molecule has 0 bridgehead atoms. The van der Waals surface area contributed by atoms with Gasteiger partial charge in [-0.05, 0) is 35.6 Å². The first-order chi connectivity index (χ1) is 17.4. The van der Waals surface area contributed by atoms with Crippen LogP contribution in [-0.4, -0.2) is 54.2 Å². The molecule has 0 spiro atoms. The number of nitrogens with zero attached hydrogens (tertiary/aromatic N) is 3. The lowest BCUT2D eigenvalue weighted by atomic mass is 9.93. The number of aliphatic imine (C=N–C) groups is 1. The van der Waals surface area contributed by atoms with Crippen molar-refractivity contribution >= 4 is 28.8 Å². The molecular weight excluding hydrogens is 481 g/mol. The van der Waals surface area contributed by atoms with Crippen LogP contribution in [0.1, 0.15) is 30.5 Å². The molecule has 0 N–H and O–H groups in total. The minimum atomic E-state index is -0.684. The average molecular weight is 510 g/mol. The van der Waals surface area contributed by atoms with E-state index in [1.165, 1.54) is 31.0 Å². The van der Waals surface area contributed by atoms with Crippen molar-refractivity contribution in [1.82, 2.24) is 9.80 Å². The molecule has 0 saturated carbocycles. The highest BCUT2D eigenvalue weighted by molar-refractivity contribution is 8.16. The minimum absolute atomic E-state index is 0.0821. The Kier molecular flexibility index (Phi) is 8.22. The number of carbonyl (C=O) groups excluding carboxylic acids is 2. The summed E-state index contributed by atoms with van der Waals surface area (Å²) in [5.41, 5.74) is 3.08. The van der Waals surface area contributed by atoms with E-state index >= 15 is 0 Å². The second kappa shape index (κ2) is 11.5. The lowest BCUT2D eigenvalue weighted by Crippen LogP contribution is -2.38. The summed E-state index contributed by atoms with van der Waals surface area (Å²) in [4.78, 5) is 34.4. The number of carbonyl (C=O) groups is 2. The van der Waals surface area contributed by atoms with Crippen molar-refractivity contribution in [2.45, 2.75) is 25.9 Å². The van der Waals surface area contributed by atoms with E-state index in [2.05, 4.69) is 4.99 Å². The van der Waals surface area contributed by atoms with Gasteiger partial charge in [-0.15, -0.1) is 0 Å². The van der Waals surface area contributed by atoms with Gasteiger partial charge in [-0.2, -0.15) is 0 Å². The molecule has 9 heteroatoms. The van der Waals surface area contributed by atoms with Crippen LogP contribution in [0.3, 0.4) is 0 Å². The van der Waals surface area contributed by atoms with Crippen LogP contribution in [-0.2, 0) is 25.6 Å². The summed E-state index contributed by atoms with van der Waals surface area (Å²) in [6.07, 6.45) is 0.103. The van der Waals surface area contributed by atoms with E-state index in [1.807, 2.05) is 40.6 Å². The fourth-order valence-corrected chi connectivity index (χ4v) is 5.12. The van der Waals surface area contributed by atoms with E-state index in [1.54, 1.807) is 31.0 Å². The van der Waals surface area contributed by atoms with Crippen molar-refractivity contribution in [3.05, 3.63) is 93.9 Å². The fraction of sp³-hybridized carbons (Fsp3) is 0.296. The second-order valence-electron chi connectivity index (χ2n) is 8.49. The molecular formula is C27H28FN3O4S. The summed E-state index contributed by atoms with van der Waals surface area (Å²) in [6.45, 7) is 2.55. The number of esters is 1. The summed E-state index contributed by atoms with van der Waals surface area (Å²) in [7, 11) is 3.28.